The summed E-state index contributed by atoms with van der Waals surface area (Å²) in [6.45, 7) is 3.22. The van der Waals surface area contributed by atoms with Crippen molar-refractivity contribution in [2.45, 2.75) is 39.2 Å². The molecule has 0 amide bonds. The maximum atomic E-state index is 11.9. The Kier molecular flexibility index (Phi) is 4.62. The number of nitrogens with zero attached hydrogens (tertiary/aromatic N) is 2. The molecule has 106 valence electrons. The van der Waals surface area contributed by atoms with Crippen LogP contribution >= 0.6 is 15.9 Å². The molecule has 1 aromatic heterocycles. The van der Waals surface area contributed by atoms with Gasteiger partial charge in [0, 0.05) is 6.54 Å². The van der Waals surface area contributed by atoms with Crippen LogP contribution in [0.1, 0.15) is 32.6 Å². The van der Waals surface area contributed by atoms with Crippen molar-refractivity contribution in [3.63, 3.8) is 0 Å². The second kappa shape index (κ2) is 6.05. The molecule has 1 aliphatic rings. The SMILES string of the molecule is CCCC1(CNc2cnn(CCO)c(=O)c2Br)CC1. The third-order valence-electron chi connectivity index (χ3n) is 3.69. The predicted octanol–water partition coefficient (Wildman–Crippen LogP) is 1.99. The molecule has 0 saturated heterocycles. The Balaban J connectivity index is 2.05. The zero-order chi connectivity index (χ0) is 13.9. The van der Waals surface area contributed by atoms with E-state index in [1.807, 2.05) is 0 Å². The van der Waals surface area contributed by atoms with E-state index in [2.05, 4.69) is 33.3 Å². The summed E-state index contributed by atoms with van der Waals surface area (Å²) >= 11 is 3.31. The first kappa shape index (κ1) is 14.5. The zero-order valence-electron chi connectivity index (χ0n) is 11.2. The van der Waals surface area contributed by atoms with Crippen molar-refractivity contribution >= 4 is 21.6 Å². The molecule has 5 nitrogen and oxygen atoms in total. The molecule has 0 aromatic carbocycles. The first-order valence-electron chi connectivity index (χ1n) is 6.72. The summed E-state index contributed by atoms with van der Waals surface area (Å²) in [7, 11) is 0. The summed E-state index contributed by atoms with van der Waals surface area (Å²) in [4.78, 5) is 11.9. The summed E-state index contributed by atoms with van der Waals surface area (Å²) in [5.74, 6) is 0. The van der Waals surface area contributed by atoms with Gasteiger partial charge in [-0.3, -0.25) is 4.79 Å². The highest BCUT2D eigenvalue weighted by molar-refractivity contribution is 9.10. The molecule has 1 fully saturated rings. The third-order valence-corrected chi connectivity index (χ3v) is 4.45. The highest BCUT2D eigenvalue weighted by Crippen LogP contribution is 2.49. The molecule has 0 aliphatic heterocycles. The molecule has 6 heteroatoms. The van der Waals surface area contributed by atoms with E-state index < -0.39 is 0 Å². The van der Waals surface area contributed by atoms with Gasteiger partial charge in [-0.15, -0.1) is 0 Å². The van der Waals surface area contributed by atoms with Gasteiger partial charge in [0.25, 0.3) is 5.56 Å². The minimum Gasteiger partial charge on any atom is -0.394 e. The number of aliphatic hydroxyl groups is 1. The second-order valence-electron chi connectivity index (χ2n) is 5.23. The molecule has 0 unspecified atom stereocenters. The predicted molar refractivity (Wildman–Crippen MR) is 78.3 cm³/mol. The number of anilines is 1. The van der Waals surface area contributed by atoms with Gasteiger partial charge in [0.05, 0.1) is 25.0 Å². The maximum Gasteiger partial charge on any atom is 0.283 e. The van der Waals surface area contributed by atoms with Gasteiger partial charge in [0.1, 0.15) is 4.47 Å². The van der Waals surface area contributed by atoms with Crippen LogP contribution in [0.15, 0.2) is 15.5 Å². The van der Waals surface area contributed by atoms with Gasteiger partial charge in [-0.2, -0.15) is 5.10 Å². The fourth-order valence-corrected chi connectivity index (χ4v) is 2.79. The van der Waals surface area contributed by atoms with Gasteiger partial charge in [-0.25, -0.2) is 4.68 Å². The topological polar surface area (TPSA) is 67.2 Å². The van der Waals surface area contributed by atoms with Crippen LogP contribution in [0.5, 0.6) is 0 Å². The highest BCUT2D eigenvalue weighted by Gasteiger charge is 2.41. The standard InChI is InChI=1S/C13H20BrN3O2/c1-2-3-13(4-5-13)9-15-10-8-16-17(6-7-18)12(19)11(10)14/h8,15,18H,2-7,9H2,1H3. The van der Waals surface area contributed by atoms with Crippen molar-refractivity contribution in [2.24, 2.45) is 5.41 Å². The lowest BCUT2D eigenvalue weighted by molar-refractivity contribution is 0.266. The Bertz CT molecular complexity index is 497. The quantitative estimate of drug-likeness (QED) is 0.802. The van der Waals surface area contributed by atoms with Crippen molar-refractivity contribution in [3.8, 4) is 0 Å². The summed E-state index contributed by atoms with van der Waals surface area (Å²) < 4.78 is 1.75. The number of aliphatic hydroxyl groups excluding tert-OH is 1. The fourth-order valence-electron chi connectivity index (χ4n) is 2.35. The maximum absolute atomic E-state index is 11.9. The van der Waals surface area contributed by atoms with Crippen molar-refractivity contribution in [3.05, 3.63) is 21.0 Å². The van der Waals surface area contributed by atoms with Gasteiger partial charge in [-0.1, -0.05) is 13.3 Å². The summed E-state index contributed by atoms with van der Waals surface area (Å²) in [5.41, 5.74) is 0.953. The van der Waals surface area contributed by atoms with Gasteiger partial charge >= 0.3 is 0 Å². The summed E-state index contributed by atoms with van der Waals surface area (Å²) in [5, 5.41) is 16.2. The van der Waals surface area contributed by atoms with Crippen LogP contribution < -0.4 is 10.9 Å². The normalized spacial score (nSPS) is 16.4. The molecule has 2 N–H and O–H groups in total. The Hall–Kier alpha value is -0.880. The average molecular weight is 330 g/mol. The Morgan fingerprint density at radius 1 is 1.58 bits per heavy atom. The largest absolute Gasteiger partial charge is 0.394 e. The van der Waals surface area contributed by atoms with E-state index >= 15 is 0 Å². The molecule has 19 heavy (non-hydrogen) atoms. The minimum atomic E-state index is -0.209. The molecule has 1 saturated carbocycles. The van der Waals surface area contributed by atoms with Crippen LogP contribution in [-0.2, 0) is 6.54 Å². The number of aromatic nitrogens is 2. The molecule has 0 atom stereocenters. The molecule has 0 radical (unpaired) electrons. The second-order valence-corrected chi connectivity index (χ2v) is 6.02. The van der Waals surface area contributed by atoms with Crippen molar-refractivity contribution in [2.75, 3.05) is 18.5 Å². The Labute approximate surface area is 121 Å². The van der Waals surface area contributed by atoms with E-state index in [0.29, 0.717) is 9.89 Å². The molecular weight excluding hydrogens is 310 g/mol. The molecule has 2 rings (SSSR count). The third kappa shape index (κ3) is 3.36. The van der Waals surface area contributed by atoms with Crippen LogP contribution in [0.25, 0.3) is 0 Å². The summed E-state index contributed by atoms with van der Waals surface area (Å²) in [6, 6.07) is 0. The number of hydrogen-bond acceptors (Lipinski definition) is 4. The Morgan fingerprint density at radius 2 is 2.32 bits per heavy atom. The zero-order valence-corrected chi connectivity index (χ0v) is 12.7. The number of hydrogen-bond donors (Lipinski definition) is 2. The lowest BCUT2D eigenvalue weighted by Crippen LogP contribution is -2.26. The van der Waals surface area contributed by atoms with Gasteiger partial charge in [0.15, 0.2) is 0 Å². The fraction of sp³-hybridized carbons (Fsp3) is 0.692. The van der Waals surface area contributed by atoms with Crippen molar-refractivity contribution < 1.29 is 5.11 Å². The number of nitrogens with one attached hydrogen (secondary N) is 1. The molecule has 0 bridgehead atoms. The van der Waals surface area contributed by atoms with Crippen LogP contribution in [-0.4, -0.2) is 28.0 Å². The monoisotopic (exact) mass is 329 g/mol. The van der Waals surface area contributed by atoms with Gasteiger partial charge in [-0.05, 0) is 40.6 Å². The van der Waals surface area contributed by atoms with Crippen LogP contribution in [0.4, 0.5) is 5.69 Å². The van der Waals surface area contributed by atoms with E-state index in [-0.39, 0.29) is 18.7 Å². The van der Waals surface area contributed by atoms with E-state index in [1.54, 1.807) is 6.20 Å². The summed E-state index contributed by atoms with van der Waals surface area (Å²) in [6.07, 6.45) is 6.59. The molecule has 1 aromatic rings. The minimum absolute atomic E-state index is 0.0915. The van der Waals surface area contributed by atoms with E-state index in [4.69, 9.17) is 5.11 Å². The van der Waals surface area contributed by atoms with Crippen molar-refractivity contribution in [1.29, 1.82) is 0 Å². The lowest BCUT2D eigenvalue weighted by Gasteiger charge is -2.16. The van der Waals surface area contributed by atoms with Gasteiger partial charge in [0.2, 0.25) is 0 Å². The molecule has 0 spiro atoms. The number of halogens is 1. The lowest BCUT2D eigenvalue weighted by atomic mass is 10.0. The molecule has 1 heterocycles. The van der Waals surface area contributed by atoms with E-state index in [0.717, 1.165) is 12.2 Å². The average Bonchev–Trinajstić information content (AvgIpc) is 3.15. The number of rotatable bonds is 7. The smallest absolute Gasteiger partial charge is 0.283 e. The molecule has 1 aliphatic carbocycles. The van der Waals surface area contributed by atoms with E-state index in [1.165, 1.54) is 30.4 Å². The van der Waals surface area contributed by atoms with E-state index in [9.17, 15) is 4.79 Å². The first-order chi connectivity index (χ1) is 9.12. The van der Waals surface area contributed by atoms with Crippen LogP contribution in [0.2, 0.25) is 0 Å². The molecular formula is C13H20BrN3O2. The first-order valence-corrected chi connectivity index (χ1v) is 7.51. The van der Waals surface area contributed by atoms with Crippen molar-refractivity contribution in [1.82, 2.24) is 9.78 Å². The van der Waals surface area contributed by atoms with Crippen LogP contribution in [0, 0.1) is 5.41 Å². The van der Waals surface area contributed by atoms with Gasteiger partial charge < -0.3 is 10.4 Å². The highest BCUT2D eigenvalue weighted by atomic mass is 79.9. The Morgan fingerprint density at radius 3 is 2.89 bits per heavy atom. The van der Waals surface area contributed by atoms with Crippen LogP contribution in [0.3, 0.4) is 0 Å².